The fourth-order valence-electron chi connectivity index (χ4n) is 6.07. The maximum atomic E-state index is 15.5. The Kier molecular flexibility index (Phi) is 7.99. The molecule has 2 aliphatic rings. The van der Waals surface area contributed by atoms with Crippen LogP contribution in [0.5, 0.6) is 5.75 Å². The third-order valence-electron chi connectivity index (χ3n) is 7.97. The Balaban J connectivity index is 1.76. The van der Waals surface area contributed by atoms with Crippen molar-refractivity contribution in [2.75, 3.05) is 18.1 Å². The fraction of sp³-hybridized carbons (Fsp3) is 0.394. The number of rotatable bonds is 5. The van der Waals surface area contributed by atoms with Gasteiger partial charge in [-0.25, -0.2) is 13.6 Å². The van der Waals surface area contributed by atoms with E-state index in [0.29, 0.717) is 71.0 Å². The van der Waals surface area contributed by atoms with Gasteiger partial charge in [-0.2, -0.15) is 13.2 Å². The second-order valence-corrected chi connectivity index (χ2v) is 12.1. The topological polar surface area (TPSA) is 76.1 Å². The van der Waals surface area contributed by atoms with Gasteiger partial charge in [-0.3, -0.25) is 4.79 Å². The van der Waals surface area contributed by atoms with Crippen LogP contribution < -0.4 is 9.64 Å². The van der Waals surface area contributed by atoms with Crippen LogP contribution in [0.2, 0.25) is 0 Å². The Morgan fingerprint density at radius 3 is 2.34 bits per heavy atom. The first-order valence-electron chi connectivity index (χ1n) is 14.2. The maximum Gasteiger partial charge on any atom is 0.416 e. The van der Waals surface area contributed by atoms with Crippen LogP contribution in [0.15, 0.2) is 30.3 Å². The molecular formula is C33H32F5NO5. The minimum atomic E-state index is -4.79. The molecule has 0 radical (unpaired) electrons. The molecular weight excluding hydrogens is 585 g/mol. The lowest BCUT2D eigenvalue weighted by Crippen LogP contribution is -2.30. The molecule has 1 N–H and O–H groups in total. The summed E-state index contributed by atoms with van der Waals surface area (Å²) in [5.74, 6) is -3.85. The molecule has 3 aromatic carbocycles. The summed E-state index contributed by atoms with van der Waals surface area (Å²) >= 11 is 0. The van der Waals surface area contributed by atoms with Gasteiger partial charge < -0.3 is 19.5 Å². The van der Waals surface area contributed by atoms with Crippen LogP contribution in [-0.4, -0.2) is 35.7 Å². The average molecular weight is 618 g/mol. The van der Waals surface area contributed by atoms with Crippen LogP contribution in [0.4, 0.5) is 27.6 Å². The maximum absolute atomic E-state index is 15.5. The number of carboxylic acids is 1. The third kappa shape index (κ3) is 5.65. The Hall–Kier alpha value is -3.99. The van der Waals surface area contributed by atoms with Gasteiger partial charge in [0.05, 0.1) is 23.3 Å². The average Bonchev–Trinajstić information content (AvgIpc) is 3.35. The number of amides is 1. The molecule has 1 unspecified atom stereocenters. The summed E-state index contributed by atoms with van der Waals surface area (Å²) in [7, 11) is 0. The number of aliphatic carboxylic acids is 1. The van der Waals surface area contributed by atoms with Crippen LogP contribution in [0, 0.1) is 25.5 Å². The van der Waals surface area contributed by atoms with E-state index in [-0.39, 0.29) is 30.0 Å². The monoisotopic (exact) mass is 617 g/mol. The number of benzene rings is 3. The first-order valence-corrected chi connectivity index (χ1v) is 14.2. The van der Waals surface area contributed by atoms with E-state index in [1.54, 1.807) is 40.7 Å². The van der Waals surface area contributed by atoms with E-state index in [0.717, 1.165) is 0 Å². The predicted octanol–water partition coefficient (Wildman–Crippen LogP) is 7.74. The lowest BCUT2D eigenvalue weighted by molar-refractivity contribution is -0.160. The zero-order valence-corrected chi connectivity index (χ0v) is 24.9. The van der Waals surface area contributed by atoms with E-state index in [1.165, 1.54) is 11.0 Å². The summed E-state index contributed by atoms with van der Waals surface area (Å²) in [4.78, 5) is 27.5. The lowest BCUT2D eigenvalue weighted by atomic mass is 9.83. The van der Waals surface area contributed by atoms with Gasteiger partial charge in [0.2, 0.25) is 0 Å². The molecule has 2 heterocycles. The standard InChI is InChI=1S/C33H32F5NO5/c1-16-13-25-20(10-11-39(25)30(40)22-14-18(33(36,37)38)8-9-23(22)34)27(26(16)29(31(41)42)44-32(3,4)5)21-15-24(35)28-19(17(21)2)7-6-12-43-28/h8-9,13-15,29H,6-7,10-12H2,1-5H3,(H,41,42). The number of hydrogen-bond acceptors (Lipinski definition) is 4. The van der Waals surface area contributed by atoms with Crippen LogP contribution in [-0.2, 0) is 28.5 Å². The number of hydrogen-bond donors (Lipinski definition) is 1. The highest BCUT2D eigenvalue weighted by Crippen LogP contribution is 2.48. The molecule has 0 fully saturated rings. The second-order valence-electron chi connectivity index (χ2n) is 12.1. The normalized spacial score (nSPS) is 15.5. The van der Waals surface area contributed by atoms with Crippen molar-refractivity contribution in [1.29, 1.82) is 0 Å². The Bertz CT molecular complexity index is 1670. The lowest BCUT2D eigenvalue weighted by Gasteiger charge is -2.30. The largest absolute Gasteiger partial charge is 0.490 e. The van der Waals surface area contributed by atoms with E-state index < -0.39 is 52.5 Å². The molecule has 1 amide bonds. The molecule has 0 saturated heterocycles. The number of alkyl halides is 3. The summed E-state index contributed by atoms with van der Waals surface area (Å²) in [5.41, 5.74) is 0.689. The number of carboxylic acid groups (broad SMARTS) is 1. The number of aryl methyl sites for hydroxylation is 1. The van der Waals surface area contributed by atoms with E-state index in [4.69, 9.17) is 9.47 Å². The predicted molar refractivity (Wildman–Crippen MR) is 153 cm³/mol. The Morgan fingerprint density at radius 2 is 1.70 bits per heavy atom. The van der Waals surface area contributed by atoms with Gasteiger partial charge in [0, 0.05) is 23.4 Å². The molecule has 44 heavy (non-hydrogen) atoms. The summed E-state index contributed by atoms with van der Waals surface area (Å²) < 4.78 is 82.2. The molecule has 3 aromatic rings. The number of ether oxygens (including phenoxy) is 2. The third-order valence-corrected chi connectivity index (χ3v) is 7.97. The first-order chi connectivity index (χ1) is 20.5. The van der Waals surface area contributed by atoms with Gasteiger partial charge in [-0.05, 0) is 112 Å². The minimum absolute atomic E-state index is 0.0206. The van der Waals surface area contributed by atoms with Crippen LogP contribution in [0.3, 0.4) is 0 Å². The van der Waals surface area contributed by atoms with Crippen LogP contribution in [0.25, 0.3) is 11.1 Å². The van der Waals surface area contributed by atoms with Gasteiger partial charge in [-0.15, -0.1) is 0 Å². The van der Waals surface area contributed by atoms with Crippen molar-refractivity contribution >= 4 is 17.6 Å². The molecule has 0 bridgehead atoms. The summed E-state index contributed by atoms with van der Waals surface area (Å²) in [6.45, 7) is 8.87. The zero-order valence-electron chi connectivity index (χ0n) is 24.9. The quantitative estimate of drug-likeness (QED) is 0.297. The van der Waals surface area contributed by atoms with E-state index in [1.807, 2.05) is 0 Å². The van der Waals surface area contributed by atoms with Crippen molar-refractivity contribution in [2.24, 2.45) is 0 Å². The molecule has 11 heteroatoms. The second kappa shape index (κ2) is 11.2. The molecule has 234 valence electrons. The molecule has 0 spiro atoms. The zero-order chi connectivity index (χ0) is 32.3. The minimum Gasteiger partial charge on any atom is -0.490 e. The molecule has 0 aromatic heterocycles. The van der Waals surface area contributed by atoms with Gasteiger partial charge in [-0.1, -0.05) is 0 Å². The first kappa shape index (κ1) is 31.4. The molecule has 5 rings (SSSR count). The van der Waals surface area contributed by atoms with Crippen molar-refractivity contribution in [1.82, 2.24) is 0 Å². The molecule has 2 aliphatic heterocycles. The highest BCUT2D eigenvalue weighted by molar-refractivity contribution is 6.08. The Morgan fingerprint density at radius 1 is 1.00 bits per heavy atom. The summed E-state index contributed by atoms with van der Waals surface area (Å²) in [5, 5.41) is 10.3. The highest BCUT2D eigenvalue weighted by Gasteiger charge is 2.38. The number of carbonyl (C=O) groups excluding carboxylic acids is 1. The number of fused-ring (bicyclic) bond motifs is 2. The van der Waals surface area contributed by atoms with Crippen molar-refractivity contribution in [3.8, 4) is 16.9 Å². The number of halogens is 5. The molecule has 0 aliphatic carbocycles. The smallest absolute Gasteiger partial charge is 0.416 e. The van der Waals surface area contributed by atoms with Crippen molar-refractivity contribution < 1.29 is 46.1 Å². The summed E-state index contributed by atoms with van der Waals surface area (Å²) in [6.07, 6.45) is -4.92. The van der Waals surface area contributed by atoms with E-state index in [2.05, 4.69) is 0 Å². The Labute approximate surface area is 251 Å². The SMILES string of the molecule is Cc1cc2c(c(-c3cc(F)c4c(c3C)CCCO4)c1C(OC(C)(C)C)C(=O)O)CCN2C(=O)c1cc(C(F)(F)F)ccc1F. The molecule has 0 saturated carbocycles. The van der Waals surface area contributed by atoms with Crippen molar-refractivity contribution in [2.45, 2.75) is 71.8 Å². The fourth-order valence-corrected chi connectivity index (χ4v) is 6.07. The molecule has 6 nitrogen and oxygen atoms in total. The van der Waals surface area contributed by atoms with Crippen molar-refractivity contribution in [3.63, 3.8) is 0 Å². The number of carbonyl (C=O) groups is 2. The number of anilines is 1. The van der Waals surface area contributed by atoms with Gasteiger partial charge in [0.25, 0.3) is 5.91 Å². The van der Waals surface area contributed by atoms with Gasteiger partial charge in [0.15, 0.2) is 17.7 Å². The van der Waals surface area contributed by atoms with Crippen LogP contribution >= 0.6 is 0 Å². The van der Waals surface area contributed by atoms with Gasteiger partial charge >= 0.3 is 12.1 Å². The number of nitrogens with zero attached hydrogens (tertiary/aromatic N) is 1. The highest BCUT2D eigenvalue weighted by atomic mass is 19.4. The van der Waals surface area contributed by atoms with Crippen molar-refractivity contribution in [3.05, 3.63) is 80.9 Å². The van der Waals surface area contributed by atoms with Crippen LogP contribution in [0.1, 0.15) is 77.0 Å². The van der Waals surface area contributed by atoms with E-state index in [9.17, 15) is 32.3 Å². The van der Waals surface area contributed by atoms with E-state index >= 15 is 4.39 Å². The van der Waals surface area contributed by atoms with Gasteiger partial charge in [0.1, 0.15) is 5.82 Å². The molecule has 1 atom stereocenters. The summed E-state index contributed by atoms with van der Waals surface area (Å²) in [6, 6.07) is 4.50.